The van der Waals surface area contributed by atoms with Crippen LogP contribution < -0.4 is 0 Å². The average molecular weight is 324 g/mol. The molecule has 1 atom stereocenters. The molecule has 0 aliphatic heterocycles. The highest BCUT2D eigenvalue weighted by Crippen LogP contribution is 2.23. The summed E-state index contributed by atoms with van der Waals surface area (Å²) in [6.45, 7) is 11.1. The number of carboxylic acid groups (broad SMARTS) is 1. The number of quaternary nitrogens is 1. The van der Waals surface area contributed by atoms with Crippen molar-refractivity contribution in [2.24, 2.45) is 0 Å². The molecule has 0 fully saturated rings. The molecule has 0 spiro atoms. The number of hydrogen-bond acceptors (Lipinski definition) is 4. The van der Waals surface area contributed by atoms with Gasteiger partial charge in [0.15, 0.2) is 0 Å². The minimum absolute atomic E-state index is 0.0132. The molecule has 8 heteroatoms. The van der Waals surface area contributed by atoms with Gasteiger partial charge < -0.3 is 5.11 Å². The van der Waals surface area contributed by atoms with Gasteiger partial charge in [-0.1, -0.05) is 13.5 Å². The number of rotatable bonds is 11. The summed E-state index contributed by atoms with van der Waals surface area (Å²) >= 11 is 0. The van der Waals surface area contributed by atoms with E-state index >= 15 is 0 Å². The minimum Gasteiger partial charge on any atom is -0.478 e. The quantitative estimate of drug-likeness (QED) is 0.260. The van der Waals surface area contributed by atoms with Crippen LogP contribution in [0.1, 0.15) is 40.0 Å². The van der Waals surface area contributed by atoms with Crippen LogP contribution >= 0.6 is 0 Å². The zero-order valence-corrected chi connectivity index (χ0v) is 13.7. The molecule has 0 aromatic carbocycles. The van der Waals surface area contributed by atoms with Crippen LogP contribution in [0, 0.1) is 0 Å². The van der Waals surface area contributed by atoms with Crippen molar-refractivity contribution in [2.45, 2.75) is 46.3 Å². The Labute approximate surface area is 126 Å². The SMILES string of the molecule is C=C(CCC(OS(=O)(=O)O)[N+](CC)(CC)CCC)C(=O)O. The number of carboxylic acids is 1. The number of nitrogens with zero attached hydrogens (tertiary/aromatic N) is 1. The van der Waals surface area contributed by atoms with Crippen LogP contribution in [0.5, 0.6) is 0 Å². The standard InChI is InChI=1S/C13H25NO6S/c1-5-10-14(6-2,7-3)12(20-21(17,18)19)9-8-11(4)13(15)16/h12H,4-10H2,1-3H3,(H-,15,16,17,18,19)/p+1. The van der Waals surface area contributed by atoms with E-state index in [1.807, 2.05) is 20.8 Å². The maximum absolute atomic E-state index is 11.1. The maximum atomic E-state index is 11.1. The van der Waals surface area contributed by atoms with E-state index in [2.05, 4.69) is 6.58 Å². The Morgan fingerprint density at radius 1 is 1.29 bits per heavy atom. The van der Waals surface area contributed by atoms with Crippen LogP contribution in [-0.2, 0) is 19.4 Å². The Bertz CT molecular complexity index is 455. The molecule has 1 unspecified atom stereocenters. The lowest BCUT2D eigenvalue weighted by atomic mass is 10.1. The van der Waals surface area contributed by atoms with Gasteiger partial charge in [0, 0.05) is 12.0 Å². The molecule has 0 bridgehead atoms. The highest BCUT2D eigenvalue weighted by Gasteiger charge is 2.37. The third-order valence-corrected chi connectivity index (χ3v) is 4.23. The van der Waals surface area contributed by atoms with Crippen LogP contribution in [0.4, 0.5) is 0 Å². The lowest BCUT2D eigenvalue weighted by Crippen LogP contribution is -2.57. The fourth-order valence-electron chi connectivity index (χ4n) is 2.49. The molecule has 0 aromatic heterocycles. The predicted octanol–water partition coefficient (Wildman–Crippen LogP) is 1.82. The first-order chi connectivity index (χ1) is 9.61. The molecule has 0 rings (SSSR count). The van der Waals surface area contributed by atoms with Gasteiger partial charge in [0.25, 0.3) is 0 Å². The molecule has 0 radical (unpaired) electrons. The van der Waals surface area contributed by atoms with E-state index in [1.54, 1.807) is 0 Å². The van der Waals surface area contributed by atoms with Crippen molar-refractivity contribution in [1.82, 2.24) is 0 Å². The fourth-order valence-corrected chi connectivity index (χ4v) is 3.05. The summed E-state index contributed by atoms with van der Waals surface area (Å²) in [5.74, 6) is -1.12. The molecule has 0 aromatic rings. The van der Waals surface area contributed by atoms with Gasteiger partial charge in [-0.05, 0) is 26.7 Å². The van der Waals surface area contributed by atoms with Crippen molar-refractivity contribution in [3.05, 3.63) is 12.2 Å². The summed E-state index contributed by atoms with van der Waals surface area (Å²) in [6.07, 6.45) is 0.240. The monoisotopic (exact) mass is 324 g/mol. The third kappa shape index (κ3) is 6.56. The highest BCUT2D eigenvalue weighted by molar-refractivity contribution is 7.80. The van der Waals surface area contributed by atoms with E-state index in [0.717, 1.165) is 6.42 Å². The van der Waals surface area contributed by atoms with Gasteiger partial charge in [-0.25, -0.2) is 4.79 Å². The molecule has 0 amide bonds. The van der Waals surface area contributed by atoms with Gasteiger partial charge in [-0.2, -0.15) is 12.6 Å². The summed E-state index contributed by atoms with van der Waals surface area (Å²) in [7, 11) is -4.61. The van der Waals surface area contributed by atoms with Gasteiger partial charge in [0.1, 0.15) is 0 Å². The van der Waals surface area contributed by atoms with Gasteiger partial charge >= 0.3 is 16.4 Å². The third-order valence-electron chi connectivity index (χ3n) is 3.77. The molecule has 0 aliphatic carbocycles. The first-order valence-electron chi connectivity index (χ1n) is 7.04. The predicted molar refractivity (Wildman–Crippen MR) is 78.9 cm³/mol. The Hall–Kier alpha value is -0.960. The molecule has 7 nitrogen and oxygen atoms in total. The van der Waals surface area contributed by atoms with Crippen LogP contribution in [0.15, 0.2) is 12.2 Å². The summed E-state index contributed by atoms with van der Waals surface area (Å²) in [4.78, 5) is 10.8. The van der Waals surface area contributed by atoms with Crippen molar-refractivity contribution >= 4 is 16.4 Å². The van der Waals surface area contributed by atoms with Crippen LogP contribution in [-0.4, -0.2) is 54.4 Å². The van der Waals surface area contributed by atoms with Gasteiger partial charge in [0.05, 0.1) is 19.6 Å². The topological polar surface area (TPSA) is 101 Å². The zero-order valence-electron chi connectivity index (χ0n) is 12.9. The lowest BCUT2D eigenvalue weighted by molar-refractivity contribution is -0.965. The lowest BCUT2D eigenvalue weighted by Gasteiger charge is -2.42. The first-order valence-corrected chi connectivity index (χ1v) is 8.40. The van der Waals surface area contributed by atoms with Crippen molar-refractivity contribution in [3.8, 4) is 0 Å². The van der Waals surface area contributed by atoms with E-state index in [9.17, 15) is 13.2 Å². The smallest absolute Gasteiger partial charge is 0.402 e. The normalized spacial score (nSPS) is 13.9. The molecule has 0 saturated carbocycles. The van der Waals surface area contributed by atoms with E-state index in [0.29, 0.717) is 24.1 Å². The van der Waals surface area contributed by atoms with Crippen molar-refractivity contribution in [3.63, 3.8) is 0 Å². The summed E-state index contributed by atoms with van der Waals surface area (Å²) < 4.78 is 36.3. The van der Waals surface area contributed by atoms with Gasteiger partial charge in [-0.15, -0.1) is 0 Å². The second-order valence-electron chi connectivity index (χ2n) is 5.00. The Morgan fingerprint density at radius 3 is 2.14 bits per heavy atom. The van der Waals surface area contributed by atoms with E-state index in [4.69, 9.17) is 13.8 Å². The van der Waals surface area contributed by atoms with E-state index < -0.39 is 22.6 Å². The first kappa shape index (κ1) is 20.0. The van der Waals surface area contributed by atoms with Crippen LogP contribution in [0.3, 0.4) is 0 Å². The Balaban J connectivity index is 5.27. The number of hydrogen-bond donors (Lipinski definition) is 2. The van der Waals surface area contributed by atoms with E-state index in [-0.39, 0.29) is 18.4 Å². The average Bonchev–Trinajstić information content (AvgIpc) is 2.39. The zero-order chi connectivity index (χ0) is 16.7. The van der Waals surface area contributed by atoms with Crippen molar-refractivity contribution in [2.75, 3.05) is 19.6 Å². The molecule has 21 heavy (non-hydrogen) atoms. The van der Waals surface area contributed by atoms with E-state index in [1.165, 1.54) is 0 Å². The largest absolute Gasteiger partial charge is 0.478 e. The maximum Gasteiger partial charge on any atom is 0.402 e. The fraction of sp³-hybridized carbons (Fsp3) is 0.769. The van der Waals surface area contributed by atoms with Gasteiger partial charge in [0.2, 0.25) is 6.23 Å². The second kappa shape index (κ2) is 8.47. The Morgan fingerprint density at radius 2 is 1.81 bits per heavy atom. The van der Waals surface area contributed by atoms with Crippen molar-refractivity contribution < 1.29 is 31.5 Å². The molecule has 124 valence electrons. The summed E-state index contributed by atoms with van der Waals surface area (Å²) in [6, 6.07) is 0. The summed E-state index contributed by atoms with van der Waals surface area (Å²) in [5.41, 5.74) is -0.0132. The highest BCUT2D eigenvalue weighted by atomic mass is 32.3. The molecule has 0 heterocycles. The number of carbonyl (C=O) groups is 1. The van der Waals surface area contributed by atoms with Crippen molar-refractivity contribution in [1.29, 1.82) is 0 Å². The van der Waals surface area contributed by atoms with Gasteiger partial charge in [-0.3, -0.25) is 9.04 Å². The molecule has 2 N–H and O–H groups in total. The minimum atomic E-state index is -4.61. The van der Waals surface area contributed by atoms with Crippen LogP contribution in [0.25, 0.3) is 0 Å². The number of aliphatic carboxylic acids is 1. The molecular weight excluding hydrogens is 298 g/mol. The summed E-state index contributed by atoms with van der Waals surface area (Å²) in [5, 5.41) is 8.83. The Kier molecular flexibility index (Phi) is 8.09. The molecular formula is C13H26NO6S+. The van der Waals surface area contributed by atoms with Crippen LogP contribution in [0.2, 0.25) is 0 Å². The molecule has 0 saturated heterocycles. The molecule has 0 aliphatic rings. The second-order valence-corrected chi connectivity index (χ2v) is 6.05.